The molecule has 0 bridgehead atoms. The van der Waals surface area contributed by atoms with E-state index in [0.29, 0.717) is 6.54 Å². The zero-order chi connectivity index (χ0) is 15.4. The molecule has 0 atom stereocenters. The van der Waals surface area contributed by atoms with Crippen molar-refractivity contribution in [2.24, 2.45) is 5.92 Å². The SMILES string of the molecule is Cc1nc(-c2cccc(F)c2)sc1CCNC(=O)C(C)C. The van der Waals surface area contributed by atoms with E-state index in [4.69, 9.17) is 0 Å². The van der Waals surface area contributed by atoms with Gasteiger partial charge in [-0.05, 0) is 19.1 Å². The summed E-state index contributed by atoms with van der Waals surface area (Å²) in [4.78, 5) is 17.1. The van der Waals surface area contributed by atoms with Gasteiger partial charge < -0.3 is 5.32 Å². The molecule has 0 aliphatic rings. The van der Waals surface area contributed by atoms with Crippen LogP contribution in [0.15, 0.2) is 24.3 Å². The number of carbonyl (C=O) groups is 1. The molecule has 3 nitrogen and oxygen atoms in total. The Morgan fingerprint density at radius 1 is 1.43 bits per heavy atom. The quantitative estimate of drug-likeness (QED) is 0.917. The standard InChI is InChI=1S/C16H19FN2OS/c1-10(2)15(20)18-8-7-14-11(3)19-16(21-14)12-5-4-6-13(17)9-12/h4-6,9-10H,7-8H2,1-3H3,(H,18,20). The van der Waals surface area contributed by atoms with Gasteiger partial charge in [0.1, 0.15) is 10.8 Å². The van der Waals surface area contributed by atoms with E-state index in [1.165, 1.54) is 12.1 Å². The Bertz CT molecular complexity index is 637. The first kappa shape index (κ1) is 15.6. The van der Waals surface area contributed by atoms with Gasteiger partial charge in [0.15, 0.2) is 0 Å². The number of halogens is 1. The number of aromatic nitrogens is 1. The molecule has 2 aromatic rings. The number of benzene rings is 1. The van der Waals surface area contributed by atoms with Crippen LogP contribution in [0.1, 0.15) is 24.4 Å². The largest absolute Gasteiger partial charge is 0.356 e. The van der Waals surface area contributed by atoms with Crippen LogP contribution in [0.5, 0.6) is 0 Å². The first-order valence-corrected chi connectivity index (χ1v) is 7.79. The summed E-state index contributed by atoms with van der Waals surface area (Å²) in [6.45, 7) is 6.28. The zero-order valence-electron chi connectivity index (χ0n) is 12.4. The fraction of sp³-hybridized carbons (Fsp3) is 0.375. The lowest BCUT2D eigenvalue weighted by Crippen LogP contribution is -2.29. The highest BCUT2D eigenvalue weighted by atomic mass is 32.1. The van der Waals surface area contributed by atoms with Crippen LogP contribution in [0.25, 0.3) is 10.6 Å². The topological polar surface area (TPSA) is 42.0 Å². The fourth-order valence-electron chi connectivity index (χ4n) is 1.91. The number of carbonyl (C=O) groups excluding carboxylic acids is 1. The number of hydrogen-bond acceptors (Lipinski definition) is 3. The molecule has 0 saturated carbocycles. The van der Waals surface area contributed by atoms with Crippen molar-refractivity contribution in [3.8, 4) is 10.6 Å². The van der Waals surface area contributed by atoms with Crippen LogP contribution in [0.2, 0.25) is 0 Å². The summed E-state index contributed by atoms with van der Waals surface area (Å²) in [7, 11) is 0. The van der Waals surface area contributed by atoms with Gasteiger partial charge in [-0.1, -0.05) is 26.0 Å². The number of nitrogens with zero attached hydrogens (tertiary/aromatic N) is 1. The van der Waals surface area contributed by atoms with Gasteiger partial charge in [-0.25, -0.2) is 9.37 Å². The molecule has 1 amide bonds. The van der Waals surface area contributed by atoms with Crippen LogP contribution in [-0.4, -0.2) is 17.4 Å². The summed E-state index contributed by atoms with van der Waals surface area (Å²) in [5.41, 5.74) is 1.73. The lowest BCUT2D eigenvalue weighted by Gasteiger charge is -2.06. The summed E-state index contributed by atoms with van der Waals surface area (Å²) in [5, 5.41) is 3.71. The van der Waals surface area contributed by atoms with Crippen LogP contribution in [0, 0.1) is 18.7 Å². The van der Waals surface area contributed by atoms with E-state index in [0.717, 1.165) is 27.6 Å². The Balaban J connectivity index is 2.04. The number of rotatable bonds is 5. The number of thiazole rings is 1. The number of nitrogens with one attached hydrogen (secondary N) is 1. The van der Waals surface area contributed by atoms with E-state index in [2.05, 4.69) is 10.3 Å². The fourth-order valence-corrected chi connectivity index (χ4v) is 2.97. The summed E-state index contributed by atoms with van der Waals surface area (Å²) in [5.74, 6) is -0.205. The third-order valence-corrected chi connectivity index (χ3v) is 4.41. The summed E-state index contributed by atoms with van der Waals surface area (Å²) >= 11 is 1.55. The molecule has 0 radical (unpaired) electrons. The molecule has 0 saturated heterocycles. The molecular formula is C16H19FN2OS. The number of amides is 1. The smallest absolute Gasteiger partial charge is 0.222 e. The Labute approximate surface area is 128 Å². The van der Waals surface area contributed by atoms with Gasteiger partial charge in [0.05, 0.1) is 5.69 Å². The number of hydrogen-bond donors (Lipinski definition) is 1. The molecule has 0 aliphatic carbocycles. The molecule has 2 rings (SSSR count). The second-order valence-corrected chi connectivity index (χ2v) is 6.32. The monoisotopic (exact) mass is 306 g/mol. The second kappa shape index (κ2) is 6.80. The zero-order valence-corrected chi connectivity index (χ0v) is 13.3. The molecule has 1 heterocycles. The Morgan fingerprint density at radius 2 is 2.19 bits per heavy atom. The predicted molar refractivity (Wildman–Crippen MR) is 83.8 cm³/mol. The van der Waals surface area contributed by atoms with Gasteiger partial charge in [0.2, 0.25) is 5.91 Å². The summed E-state index contributed by atoms with van der Waals surface area (Å²) in [6, 6.07) is 6.45. The lowest BCUT2D eigenvalue weighted by atomic mass is 10.2. The summed E-state index contributed by atoms with van der Waals surface area (Å²) < 4.78 is 13.3. The van der Waals surface area contributed by atoms with Gasteiger partial charge in [0, 0.05) is 29.3 Å². The van der Waals surface area contributed by atoms with Gasteiger partial charge in [-0.3, -0.25) is 4.79 Å². The van der Waals surface area contributed by atoms with Crippen molar-refractivity contribution in [3.05, 3.63) is 40.7 Å². The first-order chi connectivity index (χ1) is 9.97. The van der Waals surface area contributed by atoms with Crippen molar-refractivity contribution in [3.63, 3.8) is 0 Å². The average Bonchev–Trinajstić information content (AvgIpc) is 2.80. The van der Waals surface area contributed by atoms with Crippen molar-refractivity contribution in [1.29, 1.82) is 0 Å². The average molecular weight is 306 g/mol. The molecule has 1 N–H and O–H groups in total. The normalized spacial score (nSPS) is 10.9. The molecule has 5 heteroatoms. The molecule has 0 aliphatic heterocycles. The van der Waals surface area contributed by atoms with Crippen LogP contribution >= 0.6 is 11.3 Å². The van der Waals surface area contributed by atoms with Gasteiger partial charge in [-0.2, -0.15) is 0 Å². The minimum atomic E-state index is -0.258. The maximum Gasteiger partial charge on any atom is 0.222 e. The van der Waals surface area contributed by atoms with E-state index in [1.807, 2.05) is 26.8 Å². The molecule has 21 heavy (non-hydrogen) atoms. The molecule has 0 unspecified atom stereocenters. The minimum absolute atomic E-state index is 0.00425. The van der Waals surface area contributed by atoms with Crippen LogP contribution in [0.4, 0.5) is 4.39 Å². The van der Waals surface area contributed by atoms with Gasteiger partial charge in [-0.15, -0.1) is 11.3 Å². The van der Waals surface area contributed by atoms with E-state index in [9.17, 15) is 9.18 Å². The van der Waals surface area contributed by atoms with Crippen LogP contribution in [-0.2, 0) is 11.2 Å². The molecule has 112 valence electrons. The third kappa shape index (κ3) is 4.11. The highest BCUT2D eigenvalue weighted by molar-refractivity contribution is 7.15. The van der Waals surface area contributed by atoms with E-state index in [-0.39, 0.29) is 17.6 Å². The van der Waals surface area contributed by atoms with Crippen molar-refractivity contribution >= 4 is 17.2 Å². The van der Waals surface area contributed by atoms with Crippen LogP contribution < -0.4 is 5.32 Å². The molecule has 0 fully saturated rings. The third-order valence-electron chi connectivity index (χ3n) is 3.14. The van der Waals surface area contributed by atoms with Gasteiger partial charge >= 0.3 is 0 Å². The summed E-state index contributed by atoms with van der Waals surface area (Å²) in [6.07, 6.45) is 0.747. The molecule has 0 spiro atoms. The first-order valence-electron chi connectivity index (χ1n) is 6.97. The van der Waals surface area contributed by atoms with E-state index >= 15 is 0 Å². The maximum atomic E-state index is 13.3. The maximum absolute atomic E-state index is 13.3. The van der Waals surface area contributed by atoms with Crippen molar-refractivity contribution in [1.82, 2.24) is 10.3 Å². The Kier molecular flexibility index (Phi) is 5.07. The van der Waals surface area contributed by atoms with E-state index < -0.39 is 0 Å². The minimum Gasteiger partial charge on any atom is -0.356 e. The highest BCUT2D eigenvalue weighted by Gasteiger charge is 2.11. The predicted octanol–water partition coefficient (Wildman–Crippen LogP) is 3.57. The van der Waals surface area contributed by atoms with Crippen molar-refractivity contribution in [2.75, 3.05) is 6.54 Å². The van der Waals surface area contributed by atoms with Gasteiger partial charge in [0.25, 0.3) is 0 Å². The lowest BCUT2D eigenvalue weighted by molar-refractivity contribution is -0.123. The molecular weight excluding hydrogens is 287 g/mol. The van der Waals surface area contributed by atoms with E-state index in [1.54, 1.807) is 17.4 Å². The highest BCUT2D eigenvalue weighted by Crippen LogP contribution is 2.28. The second-order valence-electron chi connectivity index (χ2n) is 5.23. The molecule has 1 aromatic carbocycles. The Morgan fingerprint density at radius 3 is 2.86 bits per heavy atom. The van der Waals surface area contributed by atoms with Crippen molar-refractivity contribution < 1.29 is 9.18 Å². The van der Waals surface area contributed by atoms with Crippen molar-refractivity contribution in [2.45, 2.75) is 27.2 Å². The van der Waals surface area contributed by atoms with Crippen LogP contribution in [0.3, 0.4) is 0 Å². The molecule has 1 aromatic heterocycles. The number of aryl methyl sites for hydroxylation is 1. The Hall–Kier alpha value is -1.75.